The molecule has 0 N–H and O–H groups in total. The van der Waals surface area contributed by atoms with Crippen LogP contribution in [0.3, 0.4) is 0 Å². The lowest BCUT2D eigenvalue weighted by atomic mass is 9.77. The van der Waals surface area contributed by atoms with E-state index in [2.05, 4.69) is 64.7 Å². The SMILES string of the molecule is C=C(c1ccccc1CO[Si](C)(C)C(C)(C)C)C1CCC1. The third kappa shape index (κ3) is 3.67. The molecule has 116 valence electrons. The van der Waals surface area contributed by atoms with E-state index in [-0.39, 0.29) is 5.04 Å². The quantitative estimate of drug-likeness (QED) is 0.604. The minimum absolute atomic E-state index is 0.257. The van der Waals surface area contributed by atoms with E-state index < -0.39 is 8.32 Å². The van der Waals surface area contributed by atoms with E-state index in [0.29, 0.717) is 5.92 Å². The lowest BCUT2D eigenvalue weighted by molar-refractivity contribution is 0.276. The van der Waals surface area contributed by atoms with Crippen LogP contribution in [0.1, 0.15) is 51.2 Å². The van der Waals surface area contributed by atoms with Gasteiger partial charge in [-0.05, 0) is 53.6 Å². The minimum atomic E-state index is -1.70. The third-order valence-corrected chi connectivity index (χ3v) is 9.83. The van der Waals surface area contributed by atoms with E-state index in [1.54, 1.807) is 0 Å². The van der Waals surface area contributed by atoms with Crippen LogP contribution in [0, 0.1) is 5.92 Å². The van der Waals surface area contributed by atoms with Crippen LogP contribution in [0.2, 0.25) is 18.1 Å². The molecule has 1 aromatic rings. The molecule has 0 atom stereocenters. The molecule has 0 amide bonds. The molecule has 0 aliphatic heterocycles. The largest absolute Gasteiger partial charge is 0.413 e. The molecule has 1 aliphatic rings. The normalized spacial score (nSPS) is 16.6. The molecule has 0 saturated heterocycles. The minimum Gasteiger partial charge on any atom is -0.413 e. The predicted octanol–water partition coefficient (Wildman–Crippen LogP) is 6.02. The molecular formula is C19H30OSi. The summed E-state index contributed by atoms with van der Waals surface area (Å²) >= 11 is 0. The van der Waals surface area contributed by atoms with Gasteiger partial charge in [0.15, 0.2) is 8.32 Å². The van der Waals surface area contributed by atoms with Crippen molar-refractivity contribution >= 4 is 13.9 Å². The number of benzene rings is 1. The van der Waals surface area contributed by atoms with Crippen LogP contribution >= 0.6 is 0 Å². The molecule has 2 heteroatoms. The highest BCUT2D eigenvalue weighted by Gasteiger charge is 2.37. The fraction of sp³-hybridized carbons (Fsp3) is 0.579. The van der Waals surface area contributed by atoms with Gasteiger partial charge < -0.3 is 4.43 Å². The first kappa shape index (κ1) is 16.5. The Morgan fingerprint density at radius 3 is 2.38 bits per heavy atom. The summed E-state index contributed by atoms with van der Waals surface area (Å²) in [6.07, 6.45) is 3.96. The van der Waals surface area contributed by atoms with Crippen LogP contribution in [0.5, 0.6) is 0 Å². The fourth-order valence-corrected chi connectivity index (χ4v) is 3.36. The highest BCUT2D eigenvalue weighted by atomic mass is 28.4. The zero-order valence-electron chi connectivity index (χ0n) is 14.3. The average molecular weight is 303 g/mol. The van der Waals surface area contributed by atoms with E-state index in [1.807, 2.05) is 0 Å². The molecule has 2 rings (SSSR count). The lowest BCUT2D eigenvalue weighted by Gasteiger charge is -2.36. The van der Waals surface area contributed by atoms with Gasteiger partial charge in [-0.25, -0.2) is 0 Å². The van der Waals surface area contributed by atoms with Crippen LogP contribution in [-0.4, -0.2) is 8.32 Å². The van der Waals surface area contributed by atoms with Crippen molar-refractivity contribution in [1.29, 1.82) is 0 Å². The van der Waals surface area contributed by atoms with Crippen molar-refractivity contribution in [2.75, 3.05) is 0 Å². The van der Waals surface area contributed by atoms with Gasteiger partial charge in [-0.2, -0.15) is 0 Å². The Labute approximate surface area is 131 Å². The molecule has 0 spiro atoms. The molecule has 1 saturated carbocycles. The Morgan fingerprint density at radius 2 is 1.86 bits per heavy atom. The zero-order valence-corrected chi connectivity index (χ0v) is 15.3. The number of hydrogen-bond donors (Lipinski definition) is 0. The van der Waals surface area contributed by atoms with Crippen LogP contribution < -0.4 is 0 Å². The maximum Gasteiger partial charge on any atom is 0.192 e. The van der Waals surface area contributed by atoms with Gasteiger partial charge in [0.25, 0.3) is 0 Å². The molecule has 1 aliphatic carbocycles. The molecule has 0 unspecified atom stereocenters. The van der Waals surface area contributed by atoms with Crippen LogP contribution in [0.25, 0.3) is 5.57 Å². The van der Waals surface area contributed by atoms with E-state index in [1.165, 1.54) is 36.0 Å². The highest BCUT2D eigenvalue weighted by molar-refractivity contribution is 6.74. The molecule has 1 nitrogen and oxygen atoms in total. The summed E-state index contributed by atoms with van der Waals surface area (Å²) in [7, 11) is -1.70. The Kier molecular flexibility index (Phi) is 4.79. The summed E-state index contributed by atoms with van der Waals surface area (Å²) in [6.45, 7) is 16.6. The topological polar surface area (TPSA) is 9.23 Å². The zero-order chi connectivity index (χ0) is 15.7. The van der Waals surface area contributed by atoms with Crippen molar-refractivity contribution < 1.29 is 4.43 Å². The molecule has 21 heavy (non-hydrogen) atoms. The number of hydrogen-bond acceptors (Lipinski definition) is 1. The Balaban J connectivity index is 2.12. The molecule has 0 aromatic heterocycles. The Bertz CT molecular complexity index is 507. The maximum atomic E-state index is 6.40. The first-order valence-electron chi connectivity index (χ1n) is 8.13. The van der Waals surface area contributed by atoms with E-state index in [9.17, 15) is 0 Å². The van der Waals surface area contributed by atoms with Crippen LogP contribution in [0.4, 0.5) is 0 Å². The van der Waals surface area contributed by atoms with Crippen molar-refractivity contribution in [1.82, 2.24) is 0 Å². The summed E-state index contributed by atoms with van der Waals surface area (Å²) in [5, 5.41) is 0.257. The van der Waals surface area contributed by atoms with Gasteiger partial charge >= 0.3 is 0 Å². The van der Waals surface area contributed by atoms with Crippen LogP contribution in [-0.2, 0) is 11.0 Å². The number of rotatable bonds is 5. The van der Waals surface area contributed by atoms with Gasteiger partial charge in [-0.15, -0.1) is 0 Å². The van der Waals surface area contributed by atoms with E-state index in [0.717, 1.165) is 6.61 Å². The molecule has 0 bridgehead atoms. The van der Waals surface area contributed by atoms with Gasteiger partial charge in [-0.1, -0.05) is 58.0 Å². The fourth-order valence-electron chi connectivity index (χ4n) is 2.41. The average Bonchev–Trinajstić information content (AvgIpc) is 2.33. The molecule has 0 heterocycles. The van der Waals surface area contributed by atoms with Gasteiger partial charge in [0.2, 0.25) is 0 Å². The third-order valence-electron chi connectivity index (χ3n) is 5.36. The van der Waals surface area contributed by atoms with Crippen LogP contribution in [0.15, 0.2) is 30.8 Å². The monoisotopic (exact) mass is 302 g/mol. The second kappa shape index (κ2) is 6.10. The molecular weight excluding hydrogens is 272 g/mol. The standard InChI is InChI=1S/C19H30OSi/c1-15(16-11-9-12-16)18-13-8-7-10-17(18)14-20-21(5,6)19(2,3)4/h7-8,10,13,16H,1,9,11-12,14H2,2-6H3. The summed E-state index contributed by atoms with van der Waals surface area (Å²) in [6, 6.07) is 8.65. The first-order chi connectivity index (χ1) is 9.72. The Hall–Kier alpha value is -0.863. The Morgan fingerprint density at radius 1 is 1.24 bits per heavy atom. The van der Waals surface area contributed by atoms with Gasteiger partial charge in [0, 0.05) is 0 Å². The van der Waals surface area contributed by atoms with E-state index >= 15 is 0 Å². The van der Waals surface area contributed by atoms with Crippen molar-refractivity contribution in [3.05, 3.63) is 42.0 Å². The summed E-state index contributed by atoms with van der Waals surface area (Å²) in [5.41, 5.74) is 3.94. The van der Waals surface area contributed by atoms with Crippen molar-refractivity contribution in [2.45, 2.75) is 64.8 Å². The van der Waals surface area contributed by atoms with E-state index in [4.69, 9.17) is 4.43 Å². The second-order valence-corrected chi connectivity index (χ2v) is 12.7. The molecule has 1 aromatic carbocycles. The predicted molar refractivity (Wildman–Crippen MR) is 94.8 cm³/mol. The summed E-state index contributed by atoms with van der Waals surface area (Å²) < 4.78 is 6.40. The van der Waals surface area contributed by atoms with Crippen molar-refractivity contribution in [3.63, 3.8) is 0 Å². The second-order valence-electron chi connectivity index (χ2n) is 7.86. The molecule has 1 fully saturated rings. The highest BCUT2D eigenvalue weighted by Crippen LogP contribution is 2.40. The van der Waals surface area contributed by atoms with Gasteiger partial charge in [0.05, 0.1) is 6.61 Å². The summed E-state index contributed by atoms with van der Waals surface area (Å²) in [5.74, 6) is 0.694. The van der Waals surface area contributed by atoms with Crippen molar-refractivity contribution in [2.24, 2.45) is 5.92 Å². The van der Waals surface area contributed by atoms with Gasteiger partial charge in [-0.3, -0.25) is 0 Å². The smallest absolute Gasteiger partial charge is 0.192 e. The first-order valence-corrected chi connectivity index (χ1v) is 11.0. The number of allylic oxidation sites excluding steroid dienone is 1. The maximum absolute atomic E-state index is 6.40. The van der Waals surface area contributed by atoms with Crippen molar-refractivity contribution in [3.8, 4) is 0 Å². The lowest BCUT2D eigenvalue weighted by Crippen LogP contribution is -2.40. The summed E-state index contributed by atoms with van der Waals surface area (Å²) in [4.78, 5) is 0. The van der Waals surface area contributed by atoms with Gasteiger partial charge in [0.1, 0.15) is 0 Å². The molecule has 0 radical (unpaired) electrons.